The molecular formula is C7H14N3OS+. The Labute approximate surface area is 75.9 Å². The van der Waals surface area contributed by atoms with Crippen molar-refractivity contribution < 1.29 is 10.2 Å². The number of hydrogen-bond acceptors (Lipinski definition) is 4. The predicted octanol–water partition coefficient (Wildman–Crippen LogP) is 0.356. The van der Waals surface area contributed by atoms with E-state index in [0.29, 0.717) is 5.22 Å². The van der Waals surface area contributed by atoms with Crippen molar-refractivity contribution in [3.8, 4) is 0 Å². The fraction of sp³-hybridized carbons (Fsp3) is 0.714. The first-order valence-electron chi connectivity index (χ1n) is 4.11. The van der Waals surface area contributed by atoms with Crippen LogP contribution in [0.15, 0.2) is 9.64 Å². The van der Waals surface area contributed by atoms with Gasteiger partial charge in [0.1, 0.15) is 0 Å². The summed E-state index contributed by atoms with van der Waals surface area (Å²) >= 11 is 1.57. The molecule has 68 valence electrons. The van der Waals surface area contributed by atoms with Crippen molar-refractivity contribution in [2.75, 3.05) is 12.3 Å². The SMILES string of the molecule is CCSc1nnc(CCC[NH3+])o1. The average Bonchev–Trinajstić information content (AvgIpc) is 2.50. The maximum atomic E-state index is 5.34. The Bertz CT molecular complexity index is 226. The molecule has 0 bridgehead atoms. The van der Waals surface area contributed by atoms with Gasteiger partial charge in [0.25, 0.3) is 5.22 Å². The van der Waals surface area contributed by atoms with Gasteiger partial charge in [0, 0.05) is 12.8 Å². The minimum atomic E-state index is 0.677. The zero-order chi connectivity index (χ0) is 8.81. The fourth-order valence-electron chi connectivity index (χ4n) is 0.797. The molecule has 0 radical (unpaired) electrons. The molecule has 0 amide bonds. The zero-order valence-electron chi connectivity index (χ0n) is 7.25. The van der Waals surface area contributed by atoms with Crippen LogP contribution in [0.5, 0.6) is 0 Å². The van der Waals surface area contributed by atoms with Gasteiger partial charge in [-0.1, -0.05) is 18.7 Å². The molecular weight excluding hydrogens is 174 g/mol. The molecule has 1 heterocycles. The first-order valence-corrected chi connectivity index (χ1v) is 5.09. The quantitative estimate of drug-likeness (QED) is 0.677. The van der Waals surface area contributed by atoms with E-state index >= 15 is 0 Å². The lowest BCUT2D eigenvalue weighted by Crippen LogP contribution is -2.50. The number of quaternary nitrogens is 1. The third-order valence-electron chi connectivity index (χ3n) is 1.36. The molecule has 0 spiro atoms. The minimum absolute atomic E-state index is 0.677. The number of hydrogen-bond donors (Lipinski definition) is 1. The highest BCUT2D eigenvalue weighted by Crippen LogP contribution is 2.15. The lowest BCUT2D eigenvalue weighted by Gasteiger charge is -1.88. The van der Waals surface area contributed by atoms with Gasteiger partial charge in [0.2, 0.25) is 5.89 Å². The summed E-state index contributed by atoms with van der Waals surface area (Å²) in [6.07, 6.45) is 1.86. The van der Waals surface area contributed by atoms with E-state index in [2.05, 4.69) is 22.9 Å². The second-order valence-electron chi connectivity index (χ2n) is 2.35. The van der Waals surface area contributed by atoms with Crippen LogP contribution in [-0.2, 0) is 6.42 Å². The summed E-state index contributed by atoms with van der Waals surface area (Å²) in [5, 5.41) is 8.47. The highest BCUT2D eigenvalue weighted by Gasteiger charge is 2.04. The third kappa shape index (κ3) is 2.83. The molecule has 1 aromatic rings. The first kappa shape index (κ1) is 9.54. The van der Waals surface area contributed by atoms with Crippen molar-refractivity contribution in [1.29, 1.82) is 0 Å². The molecule has 1 rings (SSSR count). The Kier molecular flexibility index (Phi) is 4.10. The van der Waals surface area contributed by atoms with Crippen LogP contribution >= 0.6 is 11.8 Å². The van der Waals surface area contributed by atoms with Crippen molar-refractivity contribution in [3.63, 3.8) is 0 Å². The second kappa shape index (κ2) is 5.16. The molecule has 3 N–H and O–H groups in total. The number of aryl methyl sites for hydroxylation is 1. The summed E-state index contributed by atoms with van der Waals surface area (Å²) in [6, 6.07) is 0. The Morgan fingerprint density at radius 3 is 3.00 bits per heavy atom. The third-order valence-corrected chi connectivity index (χ3v) is 2.06. The molecule has 5 heteroatoms. The number of aromatic nitrogens is 2. The van der Waals surface area contributed by atoms with Gasteiger partial charge < -0.3 is 10.2 Å². The molecule has 0 aliphatic carbocycles. The van der Waals surface area contributed by atoms with Crippen LogP contribution in [-0.4, -0.2) is 22.5 Å². The fourth-order valence-corrected chi connectivity index (χ4v) is 1.30. The molecule has 1 aromatic heterocycles. The van der Waals surface area contributed by atoms with Crippen molar-refractivity contribution in [1.82, 2.24) is 10.2 Å². The maximum Gasteiger partial charge on any atom is 0.276 e. The van der Waals surface area contributed by atoms with E-state index in [4.69, 9.17) is 4.42 Å². The van der Waals surface area contributed by atoms with E-state index < -0.39 is 0 Å². The molecule has 0 saturated carbocycles. The Hall–Kier alpha value is -0.550. The largest absolute Gasteiger partial charge is 0.416 e. The van der Waals surface area contributed by atoms with Crippen LogP contribution in [0, 0.1) is 0 Å². The van der Waals surface area contributed by atoms with E-state index in [0.717, 1.165) is 31.0 Å². The average molecular weight is 188 g/mol. The summed E-state index contributed by atoms with van der Waals surface area (Å²) < 4.78 is 5.34. The topological polar surface area (TPSA) is 66.6 Å². The van der Waals surface area contributed by atoms with Crippen molar-refractivity contribution in [2.45, 2.75) is 25.0 Å². The molecule has 0 atom stereocenters. The standard InChI is InChI=1S/C7H13N3OS/c1-2-12-7-10-9-6(11-7)4-3-5-8/h2-5,8H2,1H3/p+1. The number of rotatable bonds is 5. The number of nitrogens with zero attached hydrogens (tertiary/aromatic N) is 2. The first-order chi connectivity index (χ1) is 5.86. The monoisotopic (exact) mass is 188 g/mol. The van der Waals surface area contributed by atoms with Gasteiger partial charge in [-0.25, -0.2) is 0 Å². The zero-order valence-corrected chi connectivity index (χ0v) is 8.06. The molecule has 0 saturated heterocycles. The molecule has 0 unspecified atom stereocenters. The summed E-state index contributed by atoms with van der Waals surface area (Å²) in [5.74, 6) is 1.70. The molecule has 0 aliphatic heterocycles. The molecule has 0 aromatic carbocycles. The van der Waals surface area contributed by atoms with Crippen LogP contribution in [0.25, 0.3) is 0 Å². The van der Waals surface area contributed by atoms with E-state index in [1.807, 2.05) is 0 Å². The van der Waals surface area contributed by atoms with Crippen LogP contribution in [0.2, 0.25) is 0 Å². The Balaban J connectivity index is 2.41. The second-order valence-corrected chi connectivity index (χ2v) is 3.57. The number of thioether (sulfide) groups is 1. The van der Waals surface area contributed by atoms with E-state index in [1.54, 1.807) is 11.8 Å². The molecule has 0 fully saturated rings. The predicted molar refractivity (Wildman–Crippen MR) is 46.8 cm³/mol. The van der Waals surface area contributed by atoms with Gasteiger partial charge in [0.15, 0.2) is 0 Å². The highest BCUT2D eigenvalue weighted by molar-refractivity contribution is 7.99. The lowest BCUT2D eigenvalue weighted by molar-refractivity contribution is -0.368. The normalized spacial score (nSPS) is 10.5. The van der Waals surface area contributed by atoms with Crippen LogP contribution in [0.1, 0.15) is 19.2 Å². The summed E-state index contributed by atoms with van der Waals surface area (Å²) in [5.41, 5.74) is 3.75. The Morgan fingerprint density at radius 1 is 1.50 bits per heavy atom. The molecule has 12 heavy (non-hydrogen) atoms. The summed E-state index contributed by atoms with van der Waals surface area (Å²) in [7, 11) is 0. The van der Waals surface area contributed by atoms with Crippen molar-refractivity contribution in [2.24, 2.45) is 0 Å². The van der Waals surface area contributed by atoms with E-state index in [-0.39, 0.29) is 0 Å². The maximum absolute atomic E-state index is 5.34. The molecule has 0 aliphatic rings. The van der Waals surface area contributed by atoms with Crippen molar-refractivity contribution >= 4 is 11.8 Å². The van der Waals surface area contributed by atoms with E-state index in [1.165, 1.54) is 0 Å². The Morgan fingerprint density at radius 2 is 2.33 bits per heavy atom. The molecule has 4 nitrogen and oxygen atoms in total. The van der Waals surface area contributed by atoms with E-state index in [9.17, 15) is 0 Å². The van der Waals surface area contributed by atoms with Gasteiger partial charge in [-0.15, -0.1) is 10.2 Å². The highest BCUT2D eigenvalue weighted by atomic mass is 32.2. The van der Waals surface area contributed by atoms with Gasteiger partial charge in [0.05, 0.1) is 6.54 Å². The summed E-state index contributed by atoms with van der Waals surface area (Å²) in [6.45, 7) is 2.98. The summed E-state index contributed by atoms with van der Waals surface area (Å²) in [4.78, 5) is 0. The van der Waals surface area contributed by atoms with Gasteiger partial charge in [-0.2, -0.15) is 0 Å². The van der Waals surface area contributed by atoms with Gasteiger partial charge >= 0.3 is 0 Å². The van der Waals surface area contributed by atoms with Crippen LogP contribution in [0.4, 0.5) is 0 Å². The minimum Gasteiger partial charge on any atom is -0.416 e. The van der Waals surface area contributed by atoms with Gasteiger partial charge in [-0.3, -0.25) is 0 Å². The van der Waals surface area contributed by atoms with Crippen molar-refractivity contribution in [3.05, 3.63) is 5.89 Å². The lowest BCUT2D eigenvalue weighted by atomic mass is 10.3. The smallest absolute Gasteiger partial charge is 0.276 e. The van der Waals surface area contributed by atoms with Gasteiger partial charge in [-0.05, 0) is 5.75 Å². The van der Waals surface area contributed by atoms with Crippen LogP contribution < -0.4 is 5.73 Å². The van der Waals surface area contributed by atoms with Crippen LogP contribution in [0.3, 0.4) is 0 Å².